The van der Waals surface area contributed by atoms with Gasteiger partial charge in [0.25, 0.3) is 5.91 Å². The Balaban J connectivity index is 1.49. The number of amides is 1. The molecule has 8 heteroatoms. The molecule has 0 aliphatic rings. The zero-order chi connectivity index (χ0) is 22.2. The molecule has 162 valence electrons. The normalized spacial score (nSPS) is 10.7. The number of methoxy groups -OCH3 is 1. The van der Waals surface area contributed by atoms with Gasteiger partial charge in [-0.2, -0.15) is 0 Å². The van der Waals surface area contributed by atoms with Crippen molar-refractivity contribution in [2.75, 3.05) is 7.11 Å². The summed E-state index contributed by atoms with van der Waals surface area (Å²) < 4.78 is 7.20. The van der Waals surface area contributed by atoms with E-state index in [1.165, 1.54) is 0 Å². The van der Waals surface area contributed by atoms with Crippen LogP contribution in [0.15, 0.2) is 84.3 Å². The SMILES string of the molecule is COc1ccc(C(=O)NCc2nnc(SCc3ccncc3)n2Cc2ccccc2)cc1. The predicted octanol–water partition coefficient (Wildman–Crippen LogP) is 3.95. The first kappa shape index (κ1) is 21.6. The Morgan fingerprint density at radius 3 is 2.44 bits per heavy atom. The fraction of sp³-hybridized carbons (Fsp3) is 0.167. The van der Waals surface area contributed by atoms with Crippen LogP contribution in [0.2, 0.25) is 0 Å². The van der Waals surface area contributed by atoms with Gasteiger partial charge in [0.1, 0.15) is 5.75 Å². The van der Waals surface area contributed by atoms with Crippen molar-refractivity contribution in [3.63, 3.8) is 0 Å². The number of pyridine rings is 1. The maximum Gasteiger partial charge on any atom is 0.251 e. The van der Waals surface area contributed by atoms with Crippen LogP contribution in [-0.4, -0.2) is 32.8 Å². The molecule has 0 spiro atoms. The summed E-state index contributed by atoms with van der Waals surface area (Å²) in [5.74, 6) is 1.99. The number of thioether (sulfide) groups is 1. The Labute approximate surface area is 190 Å². The number of benzene rings is 2. The molecular weight excluding hydrogens is 422 g/mol. The van der Waals surface area contributed by atoms with Crippen molar-refractivity contribution in [2.45, 2.75) is 24.0 Å². The van der Waals surface area contributed by atoms with Gasteiger partial charge >= 0.3 is 0 Å². The van der Waals surface area contributed by atoms with E-state index in [9.17, 15) is 4.79 Å². The summed E-state index contributed by atoms with van der Waals surface area (Å²) in [5, 5.41) is 12.5. The van der Waals surface area contributed by atoms with E-state index in [-0.39, 0.29) is 12.5 Å². The summed E-state index contributed by atoms with van der Waals surface area (Å²) in [6.45, 7) is 0.904. The fourth-order valence-electron chi connectivity index (χ4n) is 3.11. The van der Waals surface area contributed by atoms with Crippen LogP contribution in [0.25, 0.3) is 0 Å². The molecule has 0 fully saturated rings. The van der Waals surface area contributed by atoms with Gasteiger partial charge in [0.15, 0.2) is 11.0 Å². The second-order valence-electron chi connectivity index (χ2n) is 7.03. The van der Waals surface area contributed by atoms with Gasteiger partial charge in [0.05, 0.1) is 20.2 Å². The molecule has 0 radical (unpaired) electrons. The molecule has 7 nitrogen and oxygen atoms in total. The lowest BCUT2D eigenvalue weighted by molar-refractivity contribution is 0.0949. The summed E-state index contributed by atoms with van der Waals surface area (Å²) in [6.07, 6.45) is 3.56. The first-order valence-corrected chi connectivity index (χ1v) is 11.1. The molecule has 0 aliphatic carbocycles. The number of hydrogen-bond acceptors (Lipinski definition) is 6. The van der Waals surface area contributed by atoms with Gasteiger partial charge in [-0.1, -0.05) is 42.1 Å². The van der Waals surface area contributed by atoms with Gasteiger partial charge in [-0.3, -0.25) is 9.78 Å². The number of nitrogens with one attached hydrogen (secondary N) is 1. The monoisotopic (exact) mass is 445 g/mol. The van der Waals surface area contributed by atoms with Crippen LogP contribution in [0.4, 0.5) is 0 Å². The van der Waals surface area contributed by atoms with Crippen molar-refractivity contribution in [2.24, 2.45) is 0 Å². The Kier molecular flexibility index (Phi) is 7.14. The van der Waals surface area contributed by atoms with Gasteiger partial charge < -0.3 is 14.6 Å². The molecule has 2 aromatic heterocycles. The topological polar surface area (TPSA) is 81.9 Å². The zero-order valence-electron chi connectivity index (χ0n) is 17.6. The van der Waals surface area contributed by atoms with E-state index in [1.54, 1.807) is 55.5 Å². The predicted molar refractivity (Wildman–Crippen MR) is 124 cm³/mol. The molecule has 0 bridgehead atoms. The first-order valence-electron chi connectivity index (χ1n) is 10.1. The smallest absolute Gasteiger partial charge is 0.251 e. The number of carbonyl (C=O) groups is 1. The molecule has 0 saturated carbocycles. The second kappa shape index (κ2) is 10.6. The minimum absolute atomic E-state index is 0.173. The van der Waals surface area contributed by atoms with Gasteiger partial charge in [-0.05, 0) is 47.5 Å². The van der Waals surface area contributed by atoms with Crippen LogP contribution in [0.5, 0.6) is 5.75 Å². The number of nitrogens with zero attached hydrogens (tertiary/aromatic N) is 4. The van der Waals surface area contributed by atoms with E-state index >= 15 is 0 Å². The number of aromatic nitrogens is 4. The molecule has 2 heterocycles. The van der Waals surface area contributed by atoms with Crippen LogP contribution in [0.3, 0.4) is 0 Å². The number of hydrogen-bond donors (Lipinski definition) is 1. The Hall–Kier alpha value is -3.65. The third kappa shape index (κ3) is 5.53. The molecule has 0 unspecified atom stereocenters. The third-order valence-corrected chi connectivity index (χ3v) is 5.89. The number of rotatable bonds is 9. The van der Waals surface area contributed by atoms with Crippen molar-refractivity contribution < 1.29 is 9.53 Å². The highest BCUT2D eigenvalue weighted by molar-refractivity contribution is 7.98. The van der Waals surface area contributed by atoms with Crippen molar-refractivity contribution in [1.82, 2.24) is 25.1 Å². The third-order valence-electron chi connectivity index (χ3n) is 4.85. The molecular formula is C24H23N5O2S. The van der Waals surface area contributed by atoms with Crippen molar-refractivity contribution in [3.8, 4) is 5.75 Å². The molecule has 2 aromatic carbocycles. The maximum atomic E-state index is 12.6. The summed E-state index contributed by atoms with van der Waals surface area (Å²) >= 11 is 1.61. The van der Waals surface area contributed by atoms with E-state index < -0.39 is 0 Å². The van der Waals surface area contributed by atoms with E-state index in [2.05, 4.69) is 37.2 Å². The van der Waals surface area contributed by atoms with Crippen LogP contribution < -0.4 is 10.1 Å². The Morgan fingerprint density at radius 1 is 0.969 bits per heavy atom. The second-order valence-corrected chi connectivity index (χ2v) is 7.97. The van der Waals surface area contributed by atoms with Gasteiger partial charge in [-0.25, -0.2) is 0 Å². The highest BCUT2D eigenvalue weighted by Gasteiger charge is 2.15. The number of carbonyl (C=O) groups excluding carboxylic acids is 1. The highest BCUT2D eigenvalue weighted by Crippen LogP contribution is 2.23. The lowest BCUT2D eigenvalue weighted by atomic mass is 10.2. The molecule has 1 N–H and O–H groups in total. The van der Waals surface area contributed by atoms with Crippen molar-refractivity contribution in [3.05, 3.63) is 102 Å². The van der Waals surface area contributed by atoms with E-state index in [4.69, 9.17) is 4.74 Å². The standard InChI is InChI=1S/C24H23N5O2S/c1-31-21-9-7-20(8-10-21)23(30)26-15-22-27-28-24(32-17-19-11-13-25-14-12-19)29(22)16-18-5-3-2-4-6-18/h2-14H,15-17H2,1H3,(H,26,30). The fourth-order valence-corrected chi connectivity index (χ4v) is 4.02. The van der Waals surface area contributed by atoms with Gasteiger partial charge in [-0.15, -0.1) is 10.2 Å². The minimum Gasteiger partial charge on any atom is -0.497 e. The van der Waals surface area contributed by atoms with Gasteiger partial charge in [0.2, 0.25) is 0 Å². The van der Waals surface area contributed by atoms with Crippen LogP contribution in [-0.2, 0) is 18.8 Å². The highest BCUT2D eigenvalue weighted by atomic mass is 32.2. The average Bonchev–Trinajstić information content (AvgIpc) is 3.23. The molecule has 4 rings (SSSR count). The molecule has 32 heavy (non-hydrogen) atoms. The van der Waals surface area contributed by atoms with Crippen LogP contribution >= 0.6 is 11.8 Å². The van der Waals surface area contributed by atoms with E-state index in [0.717, 1.165) is 22.0 Å². The summed E-state index contributed by atoms with van der Waals surface area (Å²) in [6, 6.07) is 21.1. The average molecular weight is 446 g/mol. The Bertz CT molecular complexity index is 1150. The lowest BCUT2D eigenvalue weighted by Crippen LogP contribution is -2.25. The van der Waals surface area contributed by atoms with Crippen molar-refractivity contribution in [1.29, 1.82) is 0 Å². The molecule has 1 amide bonds. The molecule has 0 aliphatic heterocycles. The zero-order valence-corrected chi connectivity index (χ0v) is 18.5. The van der Waals surface area contributed by atoms with E-state index in [0.29, 0.717) is 23.7 Å². The molecule has 4 aromatic rings. The largest absolute Gasteiger partial charge is 0.497 e. The van der Waals surface area contributed by atoms with E-state index in [1.807, 2.05) is 30.3 Å². The van der Waals surface area contributed by atoms with Crippen LogP contribution in [0.1, 0.15) is 27.3 Å². The molecule has 0 atom stereocenters. The Morgan fingerprint density at radius 2 is 1.72 bits per heavy atom. The van der Waals surface area contributed by atoms with Crippen molar-refractivity contribution >= 4 is 17.7 Å². The maximum absolute atomic E-state index is 12.6. The summed E-state index contributed by atoms with van der Waals surface area (Å²) in [7, 11) is 1.60. The number of ether oxygens (including phenoxy) is 1. The van der Waals surface area contributed by atoms with Gasteiger partial charge in [0, 0.05) is 23.7 Å². The quantitative estimate of drug-likeness (QED) is 0.393. The lowest BCUT2D eigenvalue weighted by Gasteiger charge is -2.11. The molecule has 0 saturated heterocycles. The minimum atomic E-state index is -0.173. The van der Waals surface area contributed by atoms with Crippen LogP contribution in [0, 0.1) is 0 Å². The summed E-state index contributed by atoms with van der Waals surface area (Å²) in [4.78, 5) is 16.6. The first-order chi connectivity index (χ1) is 15.7. The summed E-state index contributed by atoms with van der Waals surface area (Å²) in [5.41, 5.74) is 2.86.